The number of nitrogens with zero attached hydrogens (tertiary/aromatic N) is 3. The van der Waals surface area contributed by atoms with Crippen LogP contribution in [-0.4, -0.2) is 33.9 Å². The van der Waals surface area contributed by atoms with E-state index in [4.69, 9.17) is 0 Å². The van der Waals surface area contributed by atoms with Gasteiger partial charge in [0.25, 0.3) is 0 Å². The molecule has 2 heterocycles. The first-order chi connectivity index (χ1) is 10.0. The summed E-state index contributed by atoms with van der Waals surface area (Å²) in [6.07, 6.45) is 3.57. The van der Waals surface area contributed by atoms with E-state index in [1.807, 2.05) is 43.0 Å². The second-order valence-electron chi connectivity index (χ2n) is 6.28. The van der Waals surface area contributed by atoms with E-state index >= 15 is 0 Å². The first-order valence-corrected chi connectivity index (χ1v) is 7.20. The van der Waals surface area contributed by atoms with Crippen LogP contribution in [0.2, 0.25) is 0 Å². The van der Waals surface area contributed by atoms with Crippen LogP contribution in [0.4, 0.5) is 5.82 Å². The lowest BCUT2D eigenvalue weighted by atomic mass is 9.76. The summed E-state index contributed by atoms with van der Waals surface area (Å²) in [5.74, 6) is -0.122. The molecule has 1 aromatic heterocycles. The van der Waals surface area contributed by atoms with Gasteiger partial charge in [0.15, 0.2) is 5.82 Å². The lowest BCUT2D eigenvalue weighted by Gasteiger charge is -2.44. The molecule has 0 aliphatic carbocycles. The van der Waals surface area contributed by atoms with Crippen molar-refractivity contribution < 1.29 is 9.90 Å². The van der Waals surface area contributed by atoms with Crippen molar-refractivity contribution in [3.63, 3.8) is 0 Å². The quantitative estimate of drug-likeness (QED) is 0.919. The van der Waals surface area contributed by atoms with Crippen LogP contribution in [0.3, 0.4) is 0 Å². The molecule has 5 heteroatoms. The summed E-state index contributed by atoms with van der Waals surface area (Å²) in [4.78, 5) is 13.7. The van der Waals surface area contributed by atoms with Crippen molar-refractivity contribution in [2.24, 2.45) is 5.41 Å². The molecular weight excluding hydrogens is 266 g/mol. The van der Waals surface area contributed by atoms with Gasteiger partial charge >= 0.3 is 5.97 Å². The summed E-state index contributed by atoms with van der Waals surface area (Å²) in [5, 5.41) is 19.9. The largest absolute Gasteiger partial charge is 0.480 e. The molecule has 0 saturated carbocycles. The molecule has 1 N–H and O–H groups in total. The average molecular weight is 285 g/mol. The van der Waals surface area contributed by atoms with Gasteiger partial charge in [-0.25, -0.2) is 4.79 Å². The van der Waals surface area contributed by atoms with Crippen LogP contribution in [0.25, 0.3) is 10.8 Å². The SMILES string of the molecule is CC1(C)CCCN(c2nncc3ccccc23)C1C(=O)O. The van der Waals surface area contributed by atoms with Gasteiger partial charge in [0.2, 0.25) is 0 Å². The van der Waals surface area contributed by atoms with Crippen LogP contribution in [-0.2, 0) is 4.79 Å². The highest BCUT2D eigenvalue weighted by Crippen LogP contribution is 2.38. The minimum atomic E-state index is -0.797. The average Bonchev–Trinajstić information content (AvgIpc) is 2.45. The third kappa shape index (κ3) is 2.33. The summed E-state index contributed by atoms with van der Waals surface area (Å²) < 4.78 is 0. The molecule has 1 fully saturated rings. The minimum Gasteiger partial charge on any atom is -0.480 e. The lowest BCUT2D eigenvalue weighted by molar-refractivity contribution is -0.142. The maximum Gasteiger partial charge on any atom is 0.326 e. The van der Waals surface area contributed by atoms with Gasteiger partial charge in [0, 0.05) is 17.3 Å². The van der Waals surface area contributed by atoms with Gasteiger partial charge in [0.05, 0.1) is 6.20 Å². The van der Waals surface area contributed by atoms with Crippen molar-refractivity contribution >= 4 is 22.6 Å². The van der Waals surface area contributed by atoms with E-state index in [9.17, 15) is 9.90 Å². The molecule has 1 aliphatic rings. The van der Waals surface area contributed by atoms with Crippen LogP contribution in [0.15, 0.2) is 30.5 Å². The molecule has 0 amide bonds. The fraction of sp³-hybridized carbons (Fsp3) is 0.438. The first kappa shape index (κ1) is 13.8. The van der Waals surface area contributed by atoms with Crippen LogP contribution in [0.1, 0.15) is 26.7 Å². The maximum absolute atomic E-state index is 11.8. The van der Waals surface area contributed by atoms with E-state index < -0.39 is 12.0 Å². The summed E-state index contributed by atoms with van der Waals surface area (Å²) in [6, 6.07) is 7.26. The molecule has 5 nitrogen and oxygen atoms in total. The van der Waals surface area contributed by atoms with Gasteiger partial charge in [-0.15, -0.1) is 5.10 Å². The molecule has 21 heavy (non-hydrogen) atoms. The summed E-state index contributed by atoms with van der Waals surface area (Å²) >= 11 is 0. The summed E-state index contributed by atoms with van der Waals surface area (Å²) in [5.41, 5.74) is -0.289. The van der Waals surface area contributed by atoms with Crippen molar-refractivity contribution in [1.82, 2.24) is 10.2 Å². The molecular formula is C16H19N3O2. The van der Waals surface area contributed by atoms with Gasteiger partial charge < -0.3 is 10.0 Å². The van der Waals surface area contributed by atoms with Crippen LogP contribution in [0.5, 0.6) is 0 Å². The highest BCUT2D eigenvalue weighted by atomic mass is 16.4. The van der Waals surface area contributed by atoms with Crippen molar-refractivity contribution in [2.45, 2.75) is 32.7 Å². The Labute approximate surface area is 123 Å². The zero-order valence-electron chi connectivity index (χ0n) is 12.3. The van der Waals surface area contributed by atoms with Crippen LogP contribution >= 0.6 is 0 Å². The second kappa shape index (κ2) is 4.98. The molecule has 3 rings (SSSR count). The molecule has 1 aliphatic heterocycles. The van der Waals surface area contributed by atoms with Crippen molar-refractivity contribution in [3.8, 4) is 0 Å². The molecule has 1 saturated heterocycles. The van der Waals surface area contributed by atoms with E-state index in [1.165, 1.54) is 0 Å². The van der Waals surface area contributed by atoms with Gasteiger partial charge in [-0.3, -0.25) is 0 Å². The van der Waals surface area contributed by atoms with Crippen LogP contribution in [0, 0.1) is 5.41 Å². The molecule has 110 valence electrons. The fourth-order valence-corrected chi connectivity index (χ4v) is 3.31. The second-order valence-corrected chi connectivity index (χ2v) is 6.28. The number of carboxylic acids is 1. The molecule has 2 aromatic rings. The zero-order chi connectivity index (χ0) is 15.0. The summed E-state index contributed by atoms with van der Waals surface area (Å²) in [6.45, 7) is 4.72. The van der Waals surface area contributed by atoms with E-state index in [-0.39, 0.29) is 5.41 Å². The highest BCUT2D eigenvalue weighted by molar-refractivity contribution is 5.93. The molecule has 1 unspecified atom stereocenters. The Balaban J connectivity index is 2.14. The molecule has 0 bridgehead atoms. The first-order valence-electron chi connectivity index (χ1n) is 7.20. The normalized spacial score (nSPS) is 21.4. The predicted octanol–water partition coefficient (Wildman–Crippen LogP) is 2.71. The van der Waals surface area contributed by atoms with E-state index in [0.717, 1.165) is 23.6 Å². The summed E-state index contributed by atoms with van der Waals surface area (Å²) in [7, 11) is 0. The van der Waals surface area contributed by atoms with Gasteiger partial charge in [-0.05, 0) is 18.3 Å². The zero-order valence-corrected chi connectivity index (χ0v) is 12.3. The number of carboxylic acid groups (broad SMARTS) is 1. The number of benzene rings is 1. The number of piperidine rings is 1. The Hall–Kier alpha value is -2.17. The molecule has 0 spiro atoms. The Morgan fingerprint density at radius 1 is 1.38 bits per heavy atom. The Bertz CT molecular complexity index is 679. The third-order valence-corrected chi connectivity index (χ3v) is 4.33. The smallest absolute Gasteiger partial charge is 0.326 e. The van der Waals surface area contributed by atoms with E-state index in [2.05, 4.69) is 10.2 Å². The molecule has 0 radical (unpaired) electrons. The van der Waals surface area contributed by atoms with E-state index in [0.29, 0.717) is 12.4 Å². The minimum absolute atomic E-state index is 0.289. The molecule has 1 aromatic carbocycles. The fourth-order valence-electron chi connectivity index (χ4n) is 3.31. The number of aliphatic carboxylic acids is 1. The third-order valence-electron chi connectivity index (χ3n) is 4.33. The lowest BCUT2D eigenvalue weighted by Crippen LogP contribution is -2.54. The van der Waals surface area contributed by atoms with Crippen LogP contribution < -0.4 is 4.90 Å². The van der Waals surface area contributed by atoms with Gasteiger partial charge in [-0.2, -0.15) is 5.10 Å². The standard InChI is InChI=1S/C16H19N3O2/c1-16(2)8-5-9-19(13(16)15(20)21)14-12-7-4-3-6-11(12)10-17-18-14/h3-4,6-7,10,13H,5,8-9H2,1-2H3,(H,20,21). The predicted molar refractivity (Wildman–Crippen MR) is 81.3 cm³/mol. The topological polar surface area (TPSA) is 66.3 Å². The maximum atomic E-state index is 11.8. The number of carbonyl (C=O) groups is 1. The van der Waals surface area contributed by atoms with Crippen molar-refractivity contribution in [2.75, 3.05) is 11.4 Å². The number of hydrogen-bond acceptors (Lipinski definition) is 4. The Morgan fingerprint density at radius 2 is 2.14 bits per heavy atom. The number of rotatable bonds is 2. The number of hydrogen-bond donors (Lipinski definition) is 1. The Kier molecular flexibility index (Phi) is 3.27. The van der Waals surface area contributed by atoms with Crippen molar-refractivity contribution in [3.05, 3.63) is 30.5 Å². The molecule has 1 atom stereocenters. The van der Waals surface area contributed by atoms with Gasteiger partial charge in [0.1, 0.15) is 6.04 Å². The number of fused-ring (bicyclic) bond motifs is 1. The Morgan fingerprint density at radius 3 is 2.90 bits per heavy atom. The number of anilines is 1. The highest BCUT2D eigenvalue weighted by Gasteiger charge is 2.43. The number of aromatic nitrogens is 2. The van der Waals surface area contributed by atoms with Crippen molar-refractivity contribution in [1.29, 1.82) is 0 Å². The van der Waals surface area contributed by atoms with E-state index in [1.54, 1.807) is 6.20 Å². The van der Waals surface area contributed by atoms with Gasteiger partial charge in [-0.1, -0.05) is 38.1 Å². The monoisotopic (exact) mass is 285 g/mol.